The molecular weight excluding hydrogens is 307 g/mol. The van der Waals surface area contributed by atoms with E-state index in [-0.39, 0.29) is 40.7 Å². The second-order valence-electron chi connectivity index (χ2n) is 3.00. The average Bonchev–Trinajstić information content (AvgIpc) is 2.19. The Kier molecular flexibility index (Phi) is 7.27. The molecule has 0 N–H and O–H groups in total. The van der Waals surface area contributed by atoms with Crippen LogP contribution in [0.2, 0.25) is 0 Å². The van der Waals surface area contributed by atoms with Crippen molar-refractivity contribution >= 4 is 16.7 Å². The van der Waals surface area contributed by atoms with Gasteiger partial charge in [-0.3, -0.25) is 4.79 Å². The molecule has 3 heteroatoms. The van der Waals surface area contributed by atoms with Gasteiger partial charge in [-0.25, -0.2) is 0 Å². The first-order chi connectivity index (χ1) is 6.24. The van der Waals surface area contributed by atoms with Gasteiger partial charge in [-0.1, -0.05) is 30.3 Å². The summed E-state index contributed by atoms with van der Waals surface area (Å²) in [6.07, 6.45) is 2.14. The smallest absolute Gasteiger partial charge is 0.211 e. The van der Waals surface area contributed by atoms with Crippen LogP contribution >= 0.6 is 0 Å². The Balaban J connectivity index is 0.00000169. The zero-order valence-electron chi connectivity index (χ0n) is 8.50. The fourth-order valence-electron chi connectivity index (χ4n) is 1.03. The SMILES string of the molecule is CC[S+](C)CC(=O)c1ccccc1.[I-]. The molecule has 0 aromatic heterocycles. The summed E-state index contributed by atoms with van der Waals surface area (Å²) < 4.78 is 0. The van der Waals surface area contributed by atoms with Crippen molar-refractivity contribution in [3.63, 3.8) is 0 Å². The third-order valence-corrected chi connectivity index (χ3v) is 3.71. The molecule has 78 valence electrons. The van der Waals surface area contributed by atoms with Gasteiger partial charge in [0.2, 0.25) is 5.78 Å². The topological polar surface area (TPSA) is 17.1 Å². The molecule has 1 rings (SSSR count). The van der Waals surface area contributed by atoms with E-state index in [0.29, 0.717) is 5.75 Å². The van der Waals surface area contributed by atoms with Crippen molar-refractivity contribution in [2.75, 3.05) is 17.8 Å². The van der Waals surface area contributed by atoms with Gasteiger partial charge in [-0.15, -0.1) is 0 Å². The van der Waals surface area contributed by atoms with Crippen molar-refractivity contribution in [2.24, 2.45) is 0 Å². The highest BCUT2D eigenvalue weighted by Gasteiger charge is 2.15. The number of benzene rings is 1. The normalized spacial score (nSPS) is 11.6. The monoisotopic (exact) mass is 322 g/mol. The van der Waals surface area contributed by atoms with Gasteiger partial charge in [-0.05, 0) is 17.8 Å². The number of carbonyl (C=O) groups excluding carboxylic acids is 1. The molecule has 1 unspecified atom stereocenters. The minimum Gasteiger partial charge on any atom is -1.00 e. The zero-order chi connectivity index (χ0) is 9.68. The third kappa shape index (κ3) is 4.46. The van der Waals surface area contributed by atoms with Crippen LogP contribution in [-0.2, 0) is 10.9 Å². The lowest BCUT2D eigenvalue weighted by Gasteiger charge is -1.99. The van der Waals surface area contributed by atoms with E-state index in [9.17, 15) is 4.79 Å². The second-order valence-corrected chi connectivity index (χ2v) is 5.43. The molecule has 0 bridgehead atoms. The molecule has 0 fully saturated rings. The van der Waals surface area contributed by atoms with Gasteiger partial charge in [0.1, 0.15) is 5.75 Å². The summed E-state index contributed by atoms with van der Waals surface area (Å²) in [4.78, 5) is 11.6. The fraction of sp³-hybridized carbons (Fsp3) is 0.364. The van der Waals surface area contributed by atoms with E-state index in [1.165, 1.54) is 0 Å². The summed E-state index contributed by atoms with van der Waals surface area (Å²) in [5.41, 5.74) is 0.843. The van der Waals surface area contributed by atoms with Gasteiger partial charge in [0, 0.05) is 5.56 Å². The van der Waals surface area contributed by atoms with Crippen LogP contribution in [0.1, 0.15) is 17.3 Å². The summed E-state index contributed by atoms with van der Waals surface area (Å²) in [5, 5.41) is 0. The minimum absolute atomic E-state index is 0. The van der Waals surface area contributed by atoms with Gasteiger partial charge < -0.3 is 24.0 Å². The molecule has 1 aromatic rings. The van der Waals surface area contributed by atoms with Crippen LogP contribution in [0.5, 0.6) is 0 Å². The highest BCUT2D eigenvalue weighted by Crippen LogP contribution is 2.03. The van der Waals surface area contributed by atoms with Gasteiger partial charge in [0.05, 0.1) is 6.26 Å². The summed E-state index contributed by atoms with van der Waals surface area (Å²) in [6.45, 7) is 2.13. The molecule has 0 saturated heterocycles. The van der Waals surface area contributed by atoms with E-state index in [1.807, 2.05) is 30.3 Å². The van der Waals surface area contributed by atoms with Crippen LogP contribution in [0.15, 0.2) is 30.3 Å². The molecule has 1 nitrogen and oxygen atoms in total. The molecule has 0 amide bonds. The number of Topliss-reactive ketones (excluding diaryl/α,β-unsaturated/α-hetero) is 1. The van der Waals surface area contributed by atoms with Gasteiger partial charge in [-0.2, -0.15) is 0 Å². The highest BCUT2D eigenvalue weighted by molar-refractivity contribution is 7.96. The molecule has 0 aliphatic heterocycles. The summed E-state index contributed by atoms with van der Waals surface area (Å²) in [6, 6.07) is 9.52. The van der Waals surface area contributed by atoms with Gasteiger partial charge in [0.15, 0.2) is 5.75 Å². The predicted octanol–water partition coefficient (Wildman–Crippen LogP) is -0.859. The van der Waals surface area contributed by atoms with Crippen LogP contribution in [0.3, 0.4) is 0 Å². The van der Waals surface area contributed by atoms with Crippen molar-refractivity contribution in [3.8, 4) is 0 Å². The maximum absolute atomic E-state index is 11.6. The first-order valence-corrected chi connectivity index (χ1v) is 6.38. The van der Waals surface area contributed by atoms with E-state index >= 15 is 0 Å². The van der Waals surface area contributed by atoms with Gasteiger partial charge >= 0.3 is 0 Å². The van der Waals surface area contributed by atoms with Crippen molar-refractivity contribution in [2.45, 2.75) is 6.92 Å². The Morgan fingerprint density at radius 3 is 2.36 bits per heavy atom. The largest absolute Gasteiger partial charge is 1.00 e. The molecule has 1 atom stereocenters. The molecular formula is C11H15IOS. The second kappa shape index (κ2) is 7.29. The number of hydrogen-bond acceptors (Lipinski definition) is 1. The van der Waals surface area contributed by atoms with Gasteiger partial charge in [0.25, 0.3) is 0 Å². The van der Waals surface area contributed by atoms with E-state index in [0.717, 1.165) is 11.3 Å². The first-order valence-electron chi connectivity index (χ1n) is 4.41. The summed E-state index contributed by atoms with van der Waals surface area (Å²) in [5.74, 6) is 2.06. The predicted molar refractivity (Wildman–Crippen MR) is 59.5 cm³/mol. The number of ketones is 1. The van der Waals surface area contributed by atoms with Crippen molar-refractivity contribution in [1.29, 1.82) is 0 Å². The Hall–Kier alpha value is -0.0300. The molecule has 14 heavy (non-hydrogen) atoms. The van der Waals surface area contributed by atoms with Crippen LogP contribution in [0.4, 0.5) is 0 Å². The Morgan fingerprint density at radius 2 is 1.86 bits per heavy atom. The van der Waals surface area contributed by atoms with E-state index in [1.54, 1.807) is 0 Å². The van der Waals surface area contributed by atoms with Crippen molar-refractivity contribution < 1.29 is 28.8 Å². The zero-order valence-corrected chi connectivity index (χ0v) is 11.5. The molecule has 1 aromatic carbocycles. The number of hydrogen-bond donors (Lipinski definition) is 0. The molecule has 0 aliphatic rings. The number of rotatable bonds is 4. The third-order valence-electron chi connectivity index (χ3n) is 1.97. The Labute approximate surface area is 106 Å². The fourth-order valence-corrected chi connectivity index (χ4v) is 1.85. The van der Waals surface area contributed by atoms with E-state index < -0.39 is 0 Å². The van der Waals surface area contributed by atoms with Crippen LogP contribution in [0, 0.1) is 0 Å². The van der Waals surface area contributed by atoms with Crippen molar-refractivity contribution in [1.82, 2.24) is 0 Å². The quantitative estimate of drug-likeness (QED) is 0.401. The van der Waals surface area contributed by atoms with Crippen LogP contribution in [-0.4, -0.2) is 23.5 Å². The number of halogens is 1. The summed E-state index contributed by atoms with van der Waals surface area (Å²) in [7, 11) is 0.243. The first kappa shape index (κ1) is 14.0. The lowest BCUT2D eigenvalue weighted by atomic mass is 10.2. The Morgan fingerprint density at radius 1 is 1.29 bits per heavy atom. The Bertz CT molecular complexity index is 274. The standard InChI is InChI=1S/C11H15OS.HI/c1-3-13(2)9-11(12)10-7-5-4-6-8-10;/h4-8H,3,9H2,1-2H3;1H/q+1;/p-1. The van der Waals surface area contributed by atoms with Crippen LogP contribution in [0.25, 0.3) is 0 Å². The van der Waals surface area contributed by atoms with E-state index in [2.05, 4.69) is 13.2 Å². The van der Waals surface area contributed by atoms with E-state index in [4.69, 9.17) is 0 Å². The molecule has 0 spiro atoms. The molecule has 0 radical (unpaired) electrons. The highest BCUT2D eigenvalue weighted by atomic mass is 127. The maximum atomic E-state index is 11.6. The molecule has 0 heterocycles. The van der Waals surface area contributed by atoms with Crippen LogP contribution < -0.4 is 24.0 Å². The maximum Gasteiger partial charge on any atom is 0.211 e. The lowest BCUT2D eigenvalue weighted by molar-refractivity contribution is -0.0000106. The molecule has 0 aliphatic carbocycles. The average molecular weight is 322 g/mol. The summed E-state index contributed by atoms with van der Waals surface area (Å²) >= 11 is 0. The van der Waals surface area contributed by atoms with Crippen molar-refractivity contribution in [3.05, 3.63) is 35.9 Å². The lowest BCUT2D eigenvalue weighted by Crippen LogP contribution is -3.00. The minimum atomic E-state index is 0. The molecule has 0 saturated carbocycles. The number of carbonyl (C=O) groups is 1.